The van der Waals surface area contributed by atoms with Gasteiger partial charge in [-0.25, -0.2) is 12.8 Å². The van der Waals surface area contributed by atoms with Gasteiger partial charge in [-0.2, -0.15) is 4.31 Å². The Morgan fingerprint density at radius 2 is 1.70 bits per heavy atom. The summed E-state index contributed by atoms with van der Waals surface area (Å²) in [6, 6.07) is 9.62. The predicted molar refractivity (Wildman–Crippen MR) is 102 cm³/mol. The van der Waals surface area contributed by atoms with Crippen LogP contribution < -0.4 is 5.32 Å². The lowest BCUT2D eigenvalue weighted by Gasteiger charge is -2.33. The fraction of sp³-hybridized carbons (Fsp3) is 0.350. The molecule has 0 saturated carbocycles. The second-order valence-electron chi connectivity index (χ2n) is 6.84. The van der Waals surface area contributed by atoms with Gasteiger partial charge in [0.05, 0.1) is 4.90 Å². The summed E-state index contributed by atoms with van der Waals surface area (Å²) in [5.74, 6) is -0.838. The lowest BCUT2D eigenvalue weighted by Crippen LogP contribution is -2.49. The first-order valence-electron chi connectivity index (χ1n) is 8.95. The minimum Gasteiger partial charge on any atom is -0.324 e. The average molecular weight is 390 g/mol. The van der Waals surface area contributed by atoms with Crippen molar-refractivity contribution in [3.63, 3.8) is 0 Å². The van der Waals surface area contributed by atoms with E-state index in [1.807, 2.05) is 32.0 Å². The molecule has 0 spiro atoms. The second kappa shape index (κ2) is 7.78. The van der Waals surface area contributed by atoms with Crippen molar-refractivity contribution >= 4 is 21.6 Å². The first-order valence-corrected chi connectivity index (χ1v) is 10.4. The van der Waals surface area contributed by atoms with E-state index in [1.165, 1.54) is 16.4 Å². The fourth-order valence-corrected chi connectivity index (χ4v) is 5.07. The number of aryl methyl sites for hydroxylation is 2. The number of rotatable bonds is 4. The van der Waals surface area contributed by atoms with E-state index in [2.05, 4.69) is 5.32 Å². The molecule has 1 fully saturated rings. The first kappa shape index (κ1) is 19.5. The Balaban J connectivity index is 1.89. The van der Waals surface area contributed by atoms with Crippen molar-refractivity contribution in [1.29, 1.82) is 0 Å². The fourth-order valence-electron chi connectivity index (χ4n) is 3.41. The number of para-hydroxylation sites is 1. The lowest BCUT2D eigenvalue weighted by atomic mass is 10.0. The quantitative estimate of drug-likeness (QED) is 0.867. The molecule has 0 unspecified atom stereocenters. The van der Waals surface area contributed by atoms with Crippen LogP contribution in [0.2, 0.25) is 0 Å². The summed E-state index contributed by atoms with van der Waals surface area (Å²) in [7, 11) is -3.88. The largest absolute Gasteiger partial charge is 0.324 e. The molecule has 1 saturated heterocycles. The Kier molecular flexibility index (Phi) is 5.62. The van der Waals surface area contributed by atoms with E-state index < -0.39 is 21.9 Å². The van der Waals surface area contributed by atoms with Crippen LogP contribution in [0.25, 0.3) is 0 Å². The SMILES string of the molecule is Cc1cccc(C)c1NC(=O)[C@H]1CCCCN1S(=O)(=O)c1ccc(F)cc1. The van der Waals surface area contributed by atoms with Crippen LogP contribution in [-0.4, -0.2) is 31.2 Å². The van der Waals surface area contributed by atoms with Gasteiger partial charge < -0.3 is 5.32 Å². The number of benzene rings is 2. The summed E-state index contributed by atoms with van der Waals surface area (Å²) in [6.07, 6.45) is 1.92. The monoisotopic (exact) mass is 390 g/mol. The standard InChI is InChI=1S/C20H23FN2O3S/c1-14-6-5-7-15(2)19(14)22-20(24)18-8-3-4-13-23(18)27(25,26)17-11-9-16(21)10-12-17/h5-7,9-12,18H,3-4,8,13H2,1-2H3,(H,22,24)/t18-/m1/s1. The lowest BCUT2D eigenvalue weighted by molar-refractivity contribution is -0.120. The van der Waals surface area contributed by atoms with Crippen molar-refractivity contribution < 1.29 is 17.6 Å². The highest BCUT2D eigenvalue weighted by Gasteiger charge is 2.37. The van der Waals surface area contributed by atoms with E-state index in [4.69, 9.17) is 0 Å². The second-order valence-corrected chi connectivity index (χ2v) is 8.73. The number of carbonyl (C=O) groups is 1. The maximum absolute atomic E-state index is 13.2. The van der Waals surface area contributed by atoms with Gasteiger partial charge in [0.2, 0.25) is 15.9 Å². The van der Waals surface area contributed by atoms with Gasteiger partial charge in [-0.05, 0) is 62.1 Å². The normalized spacial score (nSPS) is 18.3. The molecule has 144 valence electrons. The van der Waals surface area contributed by atoms with Crippen molar-refractivity contribution in [2.24, 2.45) is 0 Å². The topological polar surface area (TPSA) is 66.5 Å². The maximum Gasteiger partial charge on any atom is 0.243 e. The summed E-state index contributed by atoms with van der Waals surface area (Å²) in [4.78, 5) is 12.9. The smallest absolute Gasteiger partial charge is 0.243 e. The molecule has 1 atom stereocenters. The number of hydrogen-bond acceptors (Lipinski definition) is 3. The first-order chi connectivity index (χ1) is 12.8. The number of hydrogen-bond donors (Lipinski definition) is 1. The molecule has 7 heteroatoms. The molecule has 0 bridgehead atoms. The van der Waals surface area contributed by atoms with Crippen LogP contribution in [0.5, 0.6) is 0 Å². The van der Waals surface area contributed by atoms with E-state index in [0.29, 0.717) is 18.5 Å². The zero-order chi connectivity index (χ0) is 19.6. The highest BCUT2D eigenvalue weighted by molar-refractivity contribution is 7.89. The number of carbonyl (C=O) groups excluding carboxylic acids is 1. The summed E-state index contributed by atoms with van der Waals surface area (Å²) < 4.78 is 40.5. The van der Waals surface area contributed by atoms with Gasteiger partial charge in [0.15, 0.2) is 0 Å². The van der Waals surface area contributed by atoms with Crippen molar-refractivity contribution in [3.8, 4) is 0 Å². The highest BCUT2D eigenvalue weighted by atomic mass is 32.2. The number of anilines is 1. The minimum atomic E-state index is -3.88. The minimum absolute atomic E-state index is 0.00401. The van der Waals surface area contributed by atoms with Gasteiger partial charge in [-0.1, -0.05) is 24.6 Å². The van der Waals surface area contributed by atoms with Crippen LogP contribution in [0, 0.1) is 19.7 Å². The Morgan fingerprint density at radius 1 is 1.07 bits per heavy atom. The summed E-state index contributed by atoms with van der Waals surface area (Å²) in [6.45, 7) is 4.07. The molecule has 1 aliphatic heterocycles. The van der Waals surface area contributed by atoms with Gasteiger partial charge in [0.25, 0.3) is 0 Å². The zero-order valence-electron chi connectivity index (χ0n) is 15.4. The molecule has 2 aromatic rings. The van der Waals surface area contributed by atoms with E-state index in [1.54, 1.807) is 0 Å². The van der Waals surface area contributed by atoms with Gasteiger partial charge in [-0.3, -0.25) is 4.79 Å². The Bertz CT molecular complexity index is 922. The van der Waals surface area contributed by atoms with Gasteiger partial charge in [0.1, 0.15) is 11.9 Å². The van der Waals surface area contributed by atoms with Gasteiger partial charge in [-0.15, -0.1) is 0 Å². The van der Waals surface area contributed by atoms with E-state index >= 15 is 0 Å². The molecule has 3 rings (SSSR count). The average Bonchev–Trinajstić information content (AvgIpc) is 2.65. The van der Waals surface area contributed by atoms with Crippen molar-refractivity contribution in [2.75, 3.05) is 11.9 Å². The highest BCUT2D eigenvalue weighted by Crippen LogP contribution is 2.27. The van der Waals surface area contributed by atoms with Crippen LogP contribution in [0.1, 0.15) is 30.4 Å². The molecular formula is C20H23FN2O3S. The maximum atomic E-state index is 13.2. The van der Waals surface area contributed by atoms with E-state index in [-0.39, 0.29) is 17.3 Å². The van der Waals surface area contributed by atoms with Crippen LogP contribution in [0.4, 0.5) is 10.1 Å². The van der Waals surface area contributed by atoms with Crippen LogP contribution >= 0.6 is 0 Å². The van der Waals surface area contributed by atoms with Crippen LogP contribution in [0.15, 0.2) is 47.4 Å². The Labute approximate surface area is 159 Å². The molecule has 5 nitrogen and oxygen atoms in total. The Hall–Kier alpha value is -2.25. The molecule has 27 heavy (non-hydrogen) atoms. The molecule has 0 aliphatic carbocycles. The van der Waals surface area contributed by atoms with E-state index in [0.717, 1.165) is 29.7 Å². The molecule has 1 heterocycles. The summed E-state index contributed by atoms with van der Waals surface area (Å²) >= 11 is 0. The predicted octanol–water partition coefficient (Wildman–Crippen LogP) is 3.62. The molecular weight excluding hydrogens is 367 g/mol. The number of amides is 1. The van der Waals surface area contributed by atoms with Crippen molar-refractivity contribution in [1.82, 2.24) is 4.31 Å². The number of nitrogens with zero attached hydrogens (tertiary/aromatic N) is 1. The molecule has 1 N–H and O–H groups in total. The number of sulfonamides is 1. The van der Waals surface area contributed by atoms with Gasteiger partial charge >= 0.3 is 0 Å². The molecule has 2 aromatic carbocycles. The summed E-state index contributed by atoms with van der Waals surface area (Å²) in [5, 5.41) is 2.91. The van der Waals surface area contributed by atoms with Crippen LogP contribution in [0.3, 0.4) is 0 Å². The third-order valence-electron chi connectivity index (χ3n) is 4.91. The zero-order valence-corrected chi connectivity index (χ0v) is 16.2. The van der Waals surface area contributed by atoms with E-state index in [9.17, 15) is 17.6 Å². The molecule has 1 amide bonds. The number of nitrogens with one attached hydrogen (secondary N) is 1. The van der Waals surface area contributed by atoms with Crippen LogP contribution in [-0.2, 0) is 14.8 Å². The van der Waals surface area contributed by atoms with Crippen molar-refractivity contribution in [2.45, 2.75) is 44.0 Å². The van der Waals surface area contributed by atoms with Crippen molar-refractivity contribution in [3.05, 3.63) is 59.4 Å². The molecule has 1 aliphatic rings. The number of piperidine rings is 1. The third-order valence-corrected chi connectivity index (χ3v) is 6.83. The third kappa shape index (κ3) is 4.04. The summed E-state index contributed by atoms with van der Waals surface area (Å²) in [5.41, 5.74) is 2.56. The molecule has 0 aromatic heterocycles. The molecule has 0 radical (unpaired) electrons. The Morgan fingerprint density at radius 3 is 2.33 bits per heavy atom. The number of halogens is 1. The van der Waals surface area contributed by atoms with Gasteiger partial charge in [0, 0.05) is 12.2 Å².